The summed E-state index contributed by atoms with van der Waals surface area (Å²) in [6, 6.07) is 5.89. The SMILES string of the molecule is CCc1cc(NS(=O)(=O)c2ccc(OC)c(Cl)c2)n[nH]1. The number of aromatic amines is 1. The van der Waals surface area contributed by atoms with Crippen molar-refractivity contribution < 1.29 is 13.2 Å². The topological polar surface area (TPSA) is 84.1 Å². The molecule has 2 rings (SSSR count). The van der Waals surface area contributed by atoms with Gasteiger partial charge < -0.3 is 4.74 Å². The zero-order valence-electron chi connectivity index (χ0n) is 11.0. The molecular weight excluding hydrogens is 302 g/mol. The summed E-state index contributed by atoms with van der Waals surface area (Å²) in [6.45, 7) is 1.94. The molecule has 108 valence electrons. The van der Waals surface area contributed by atoms with Crippen LogP contribution >= 0.6 is 11.6 Å². The van der Waals surface area contributed by atoms with Crippen LogP contribution in [0.15, 0.2) is 29.2 Å². The molecule has 2 aromatic rings. The quantitative estimate of drug-likeness (QED) is 0.887. The summed E-state index contributed by atoms with van der Waals surface area (Å²) < 4.78 is 31.7. The van der Waals surface area contributed by atoms with Crippen LogP contribution in [0.2, 0.25) is 5.02 Å². The number of benzene rings is 1. The van der Waals surface area contributed by atoms with Crippen molar-refractivity contribution >= 4 is 27.4 Å². The first-order valence-electron chi connectivity index (χ1n) is 5.87. The number of ether oxygens (including phenoxy) is 1. The molecule has 0 aliphatic rings. The monoisotopic (exact) mass is 315 g/mol. The average Bonchev–Trinajstić information content (AvgIpc) is 2.85. The number of aryl methyl sites for hydroxylation is 1. The van der Waals surface area contributed by atoms with Gasteiger partial charge in [0.2, 0.25) is 0 Å². The Morgan fingerprint density at radius 2 is 2.15 bits per heavy atom. The second-order valence-corrected chi connectivity index (χ2v) is 6.12. The van der Waals surface area contributed by atoms with Gasteiger partial charge in [-0.05, 0) is 24.6 Å². The van der Waals surface area contributed by atoms with Gasteiger partial charge in [0, 0.05) is 11.8 Å². The minimum atomic E-state index is -3.73. The third-order valence-corrected chi connectivity index (χ3v) is 4.33. The number of anilines is 1. The number of sulfonamides is 1. The van der Waals surface area contributed by atoms with Crippen molar-refractivity contribution in [1.29, 1.82) is 0 Å². The Hall–Kier alpha value is -1.73. The molecule has 1 aromatic heterocycles. The Morgan fingerprint density at radius 1 is 1.40 bits per heavy atom. The highest BCUT2D eigenvalue weighted by atomic mass is 35.5. The lowest BCUT2D eigenvalue weighted by Crippen LogP contribution is -2.13. The molecule has 1 aromatic carbocycles. The van der Waals surface area contributed by atoms with Crippen LogP contribution in [0.5, 0.6) is 5.75 Å². The number of nitrogens with zero attached hydrogens (tertiary/aromatic N) is 1. The summed E-state index contributed by atoms with van der Waals surface area (Å²) in [5.74, 6) is 0.660. The van der Waals surface area contributed by atoms with Crippen LogP contribution in [-0.2, 0) is 16.4 Å². The minimum Gasteiger partial charge on any atom is -0.495 e. The van der Waals surface area contributed by atoms with Crippen molar-refractivity contribution in [2.45, 2.75) is 18.2 Å². The first kappa shape index (κ1) is 14.7. The van der Waals surface area contributed by atoms with Gasteiger partial charge >= 0.3 is 0 Å². The number of H-pyrrole nitrogens is 1. The molecular formula is C12H14ClN3O3S. The lowest BCUT2D eigenvalue weighted by atomic mass is 10.3. The second-order valence-electron chi connectivity index (χ2n) is 4.03. The van der Waals surface area contributed by atoms with E-state index in [-0.39, 0.29) is 15.7 Å². The Balaban J connectivity index is 2.28. The van der Waals surface area contributed by atoms with Gasteiger partial charge in [0.05, 0.1) is 17.0 Å². The predicted molar refractivity (Wildman–Crippen MR) is 76.8 cm³/mol. The maximum Gasteiger partial charge on any atom is 0.263 e. The minimum absolute atomic E-state index is 0.0457. The second kappa shape index (κ2) is 5.72. The molecule has 2 N–H and O–H groups in total. The highest BCUT2D eigenvalue weighted by Gasteiger charge is 2.17. The zero-order chi connectivity index (χ0) is 14.8. The van der Waals surface area contributed by atoms with E-state index in [0.717, 1.165) is 12.1 Å². The van der Waals surface area contributed by atoms with Crippen molar-refractivity contribution in [2.24, 2.45) is 0 Å². The molecule has 6 nitrogen and oxygen atoms in total. The van der Waals surface area contributed by atoms with E-state index in [0.29, 0.717) is 5.75 Å². The molecule has 0 bridgehead atoms. The maximum atomic E-state index is 12.2. The smallest absolute Gasteiger partial charge is 0.263 e. The van der Waals surface area contributed by atoms with Crippen molar-refractivity contribution in [3.63, 3.8) is 0 Å². The van der Waals surface area contributed by atoms with Crippen LogP contribution in [0, 0.1) is 0 Å². The standard InChI is InChI=1S/C12H14ClN3O3S/c1-3-8-6-12(15-14-8)16-20(17,18)9-4-5-11(19-2)10(13)7-9/h4-7H,3H2,1-2H3,(H2,14,15,16). The molecule has 0 fully saturated rings. The molecule has 0 aliphatic carbocycles. The summed E-state index contributed by atoms with van der Waals surface area (Å²) in [5, 5.41) is 6.85. The number of hydrogen-bond acceptors (Lipinski definition) is 4. The van der Waals surface area contributed by atoms with Crippen LogP contribution in [0.3, 0.4) is 0 Å². The van der Waals surface area contributed by atoms with E-state index >= 15 is 0 Å². The van der Waals surface area contributed by atoms with Crippen molar-refractivity contribution in [3.8, 4) is 5.75 Å². The largest absolute Gasteiger partial charge is 0.495 e. The normalized spacial score (nSPS) is 11.3. The fourth-order valence-corrected chi connectivity index (χ4v) is 2.95. The van der Waals surface area contributed by atoms with E-state index in [2.05, 4.69) is 14.9 Å². The maximum absolute atomic E-state index is 12.2. The van der Waals surface area contributed by atoms with Crippen LogP contribution in [-0.4, -0.2) is 25.7 Å². The predicted octanol–water partition coefficient (Wildman–Crippen LogP) is 2.43. The zero-order valence-corrected chi connectivity index (χ0v) is 12.5. The number of methoxy groups -OCH3 is 1. The molecule has 1 heterocycles. The molecule has 20 heavy (non-hydrogen) atoms. The van der Waals surface area contributed by atoms with E-state index < -0.39 is 10.0 Å². The Labute approximate surface area is 122 Å². The van der Waals surface area contributed by atoms with E-state index in [9.17, 15) is 8.42 Å². The van der Waals surface area contributed by atoms with Crippen molar-refractivity contribution in [2.75, 3.05) is 11.8 Å². The number of aromatic nitrogens is 2. The molecule has 0 saturated heterocycles. The summed E-state index contributed by atoms with van der Waals surface area (Å²) in [4.78, 5) is 0.0457. The van der Waals surface area contributed by atoms with Crippen LogP contribution in [0.4, 0.5) is 5.82 Å². The molecule has 0 spiro atoms. The number of rotatable bonds is 5. The van der Waals surface area contributed by atoms with E-state index in [1.54, 1.807) is 6.07 Å². The summed E-state index contributed by atoms with van der Waals surface area (Å²) in [5.41, 5.74) is 0.843. The lowest BCUT2D eigenvalue weighted by molar-refractivity contribution is 0.414. The summed E-state index contributed by atoms with van der Waals surface area (Å²) in [6.07, 6.45) is 0.739. The number of nitrogens with one attached hydrogen (secondary N) is 2. The van der Waals surface area contributed by atoms with E-state index in [4.69, 9.17) is 16.3 Å². The van der Waals surface area contributed by atoms with E-state index in [1.807, 2.05) is 6.92 Å². The van der Waals surface area contributed by atoms with Gasteiger partial charge in [-0.2, -0.15) is 5.10 Å². The molecule has 0 radical (unpaired) electrons. The summed E-state index contributed by atoms with van der Waals surface area (Å²) >= 11 is 5.93. The number of hydrogen-bond donors (Lipinski definition) is 2. The van der Waals surface area contributed by atoms with Gasteiger partial charge in [-0.1, -0.05) is 18.5 Å². The highest BCUT2D eigenvalue weighted by molar-refractivity contribution is 7.92. The molecule has 0 aliphatic heterocycles. The number of halogens is 1. The van der Waals surface area contributed by atoms with Crippen LogP contribution < -0.4 is 9.46 Å². The highest BCUT2D eigenvalue weighted by Crippen LogP contribution is 2.27. The first-order chi connectivity index (χ1) is 9.46. The van der Waals surface area contributed by atoms with Gasteiger partial charge in [0.1, 0.15) is 5.75 Å². The van der Waals surface area contributed by atoms with Gasteiger partial charge in [0.25, 0.3) is 10.0 Å². The first-order valence-corrected chi connectivity index (χ1v) is 7.73. The van der Waals surface area contributed by atoms with Gasteiger partial charge in [-0.3, -0.25) is 9.82 Å². The van der Waals surface area contributed by atoms with Crippen LogP contribution in [0.25, 0.3) is 0 Å². The van der Waals surface area contributed by atoms with Crippen molar-refractivity contribution in [1.82, 2.24) is 10.2 Å². The molecule has 0 amide bonds. The third kappa shape index (κ3) is 3.05. The van der Waals surface area contributed by atoms with Gasteiger partial charge in [0.15, 0.2) is 5.82 Å². The van der Waals surface area contributed by atoms with Gasteiger partial charge in [-0.15, -0.1) is 0 Å². The molecule has 0 saturated carbocycles. The molecule has 0 unspecified atom stereocenters. The fourth-order valence-electron chi connectivity index (χ4n) is 1.61. The van der Waals surface area contributed by atoms with Crippen molar-refractivity contribution in [3.05, 3.63) is 35.0 Å². The summed E-state index contributed by atoms with van der Waals surface area (Å²) in [7, 11) is -2.27. The molecule has 8 heteroatoms. The fraction of sp³-hybridized carbons (Fsp3) is 0.250. The Kier molecular flexibility index (Phi) is 4.20. The van der Waals surface area contributed by atoms with Crippen LogP contribution in [0.1, 0.15) is 12.6 Å². The third-order valence-electron chi connectivity index (χ3n) is 2.68. The molecule has 0 atom stereocenters. The lowest BCUT2D eigenvalue weighted by Gasteiger charge is -2.07. The van der Waals surface area contributed by atoms with E-state index in [1.165, 1.54) is 25.3 Å². The Bertz CT molecular complexity index is 712. The van der Waals surface area contributed by atoms with Gasteiger partial charge in [-0.25, -0.2) is 8.42 Å². The average molecular weight is 316 g/mol. The Morgan fingerprint density at radius 3 is 2.70 bits per heavy atom.